The first-order chi connectivity index (χ1) is 15.3. The third-order valence-electron chi connectivity index (χ3n) is 4.30. The molecular formula is C24H27Cl2FN2O3. The zero-order valence-corrected chi connectivity index (χ0v) is 19.4. The topological polar surface area (TPSA) is 66.5 Å². The van der Waals surface area contributed by atoms with Crippen molar-refractivity contribution in [3.05, 3.63) is 77.3 Å². The molecule has 1 saturated heterocycles. The monoisotopic (exact) mass is 480 g/mol. The maximum atomic E-state index is 12.4. The quantitative estimate of drug-likeness (QED) is 0.425. The number of rotatable bonds is 5. The van der Waals surface area contributed by atoms with Crippen molar-refractivity contribution in [1.82, 2.24) is 4.90 Å². The summed E-state index contributed by atoms with van der Waals surface area (Å²) in [7, 11) is 0. The number of hydrogen-bond acceptors (Lipinski definition) is 3. The van der Waals surface area contributed by atoms with E-state index in [9.17, 15) is 18.8 Å². The number of benzene rings is 2. The molecule has 8 heteroatoms. The molecule has 0 radical (unpaired) electrons. The summed E-state index contributed by atoms with van der Waals surface area (Å²) in [5.74, 6) is -1.06. The molecule has 1 aliphatic rings. The molecular weight excluding hydrogens is 454 g/mol. The van der Waals surface area contributed by atoms with Gasteiger partial charge in [0.2, 0.25) is 11.8 Å². The van der Waals surface area contributed by atoms with Gasteiger partial charge in [-0.05, 0) is 43.2 Å². The molecule has 0 aromatic heterocycles. The van der Waals surface area contributed by atoms with E-state index in [4.69, 9.17) is 23.2 Å². The third kappa shape index (κ3) is 11.1. The van der Waals surface area contributed by atoms with Crippen molar-refractivity contribution in [2.24, 2.45) is 5.92 Å². The maximum absolute atomic E-state index is 12.4. The summed E-state index contributed by atoms with van der Waals surface area (Å²) in [5, 5.41) is 3.99. The standard InChI is InChI=1S/C14H14ClFN2O3.C6H5Cl.C4H8/c15-10-2-1-3-11(6-10)17-14(21)9-4-5-13(20)18(7-9)8-12(16)19;7-6-4-2-1-3-5-6;1-3-4-2/h1-3,6,9H,4-5,7-8H2,(H,17,21);1-5H;3H,1,4H2,2H3. The Labute approximate surface area is 198 Å². The predicted octanol–water partition coefficient (Wildman–Crippen LogP) is 5.94. The lowest BCUT2D eigenvalue weighted by Gasteiger charge is -2.30. The second-order valence-corrected chi connectivity index (χ2v) is 7.73. The average Bonchev–Trinajstić information content (AvgIpc) is 2.76. The van der Waals surface area contributed by atoms with Gasteiger partial charge in [0.1, 0.15) is 6.54 Å². The molecule has 1 unspecified atom stereocenters. The summed E-state index contributed by atoms with van der Waals surface area (Å²) in [6.45, 7) is 4.99. The number of anilines is 1. The molecule has 1 fully saturated rings. The summed E-state index contributed by atoms with van der Waals surface area (Å²) in [5.41, 5.74) is 0.553. The highest BCUT2D eigenvalue weighted by Gasteiger charge is 2.31. The van der Waals surface area contributed by atoms with Gasteiger partial charge in [-0.2, -0.15) is 4.39 Å². The number of likely N-dealkylation sites (tertiary alicyclic amines) is 1. The fourth-order valence-corrected chi connectivity index (χ4v) is 2.99. The van der Waals surface area contributed by atoms with Crippen LogP contribution in [0.2, 0.25) is 10.0 Å². The van der Waals surface area contributed by atoms with Crippen LogP contribution >= 0.6 is 23.2 Å². The van der Waals surface area contributed by atoms with Crippen LogP contribution in [-0.4, -0.2) is 35.8 Å². The molecule has 1 heterocycles. The van der Waals surface area contributed by atoms with Crippen LogP contribution in [0.3, 0.4) is 0 Å². The molecule has 1 atom stereocenters. The van der Waals surface area contributed by atoms with Crippen LogP contribution in [0.25, 0.3) is 0 Å². The minimum absolute atomic E-state index is 0.0426. The van der Waals surface area contributed by atoms with E-state index in [0.717, 1.165) is 16.3 Å². The average molecular weight is 481 g/mol. The van der Waals surface area contributed by atoms with Gasteiger partial charge in [-0.25, -0.2) is 0 Å². The molecule has 0 bridgehead atoms. The Kier molecular flexibility index (Phi) is 12.9. The van der Waals surface area contributed by atoms with Crippen molar-refractivity contribution in [2.45, 2.75) is 26.2 Å². The van der Waals surface area contributed by atoms with Crippen LogP contribution in [0, 0.1) is 5.92 Å². The minimum atomic E-state index is -1.58. The molecule has 0 saturated carbocycles. The van der Waals surface area contributed by atoms with Crippen molar-refractivity contribution in [3.8, 4) is 0 Å². The molecule has 0 spiro atoms. The molecule has 5 nitrogen and oxygen atoms in total. The number of piperidine rings is 1. The van der Waals surface area contributed by atoms with E-state index in [-0.39, 0.29) is 24.8 Å². The summed E-state index contributed by atoms with van der Waals surface area (Å²) in [6, 6.07) is 14.6. The highest BCUT2D eigenvalue weighted by Crippen LogP contribution is 2.21. The number of halogens is 3. The lowest BCUT2D eigenvalue weighted by atomic mass is 9.96. The number of nitrogens with one attached hydrogen (secondary N) is 1. The lowest BCUT2D eigenvalue weighted by molar-refractivity contribution is -0.143. The van der Waals surface area contributed by atoms with Crippen LogP contribution in [0.4, 0.5) is 10.1 Å². The highest BCUT2D eigenvalue weighted by molar-refractivity contribution is 6.31. The number of allylic oxidation sites excluding steroid dienone is 1. The van der Waals surface area contributed by atoms with Gasteiger partial charge in [-0.15, -0.1) is 6.58 Å². The molecule has 1 aliphatic heterocycles. The Morgan fingerprint density at radius 1 is 1.16 bits per heavy atom. The first-order valence-electron chi connectivity index (χ1n) is 10.1. The fourth-order valence-electron chi connectivity index (χ4n) is 2.66. The van der Waals surface area contributed by atoms with Gasteiger partial charge < -0.3 is 10.2 Å². The van der Waals surface area contributed by atoms with Gasteiger partial charge >= 0.3 is 6.04 Å². The van der Waals surface area contributed by atoms with Gasteiger partial charge in [0.05, 0.1) is 5.92 Å². The van der Waals surface area contributed by atoms with E-state index in [1.54, 1.807) is 24.3 Å². The molecule has 3 rings (SSSR count). The number of nitrogens with zero attached hydrogens (tertiary/aromatic N) is 1. The van der Waals surface area contributed by atoms with E-state index >= 15 is 0 Å². The summed E-state index contributed by atoms with van der Waals surface area (Å²) in [4.78, 5) is 35.3. The molecule has 2 amide bonds. The summed E-state index contributed by atoms with van der Waals surface area (Å²) >= 11 is 11.4. The van der Waals surface area contributed by atoms with Crippen molar-refractivity contribution in [3.63, 3.8) is 0 Å². The summed E-state index contributed by atoms with van der Waals surface area (Å²) in [6.07, 6.45) is 3.46. The molecule has 172 valence electrons. The van der Waals surface area contributed by atoms with Crippen LogP contribution in [0.5, 0.6) is 0 Å². The van der Waals surface area contributed by atoms with E-state index in [1.807, 2.05) is 36.4 Å². The van der Waals surface area contributed by atoms with Crippen molar-refractivity contribution in [2.75, 3.05) is 18.4 Å². The fraction of sp³-hybridized carbons (Fsp3) is 0.292. The van der Waals surface area contributed by atoms with Crippen molar-refractivity contribution in [1.29, 1.82) is 0 Å². The third-order valence-corrected chi connectivity index (χ3v) is 4.79. The van der Waals surface area contributed by atoms with Crippen LogP contribution in [0.1, 0.15) is 26.2 Å². The SMILES string of the molecule is C=CCC.Clc1ccccc1.O=C(F)CN1CC(C(=O)Nc2cccc(Cl)c2)CCC1=O. The lowest BCUT2D eigenvalue weighted by Crippen LogP contribution is -2.45. The number of amides is 2. The van der Waals surface area contributed by atoms with Crippen molar-refractivity contribution >= 4 is 46.7 Å². The van der Waals surface area contributed by atoms with E-state index in [2.05, 4.69) is 18.8 Å². The van der Waals surface area contributed by atoms with Crippen LogP contribution < -0.4 is 5.32 Å². The minimum Gasteiger partial charge on any atom is -0.332 e. The van der Waals surface area contributed by atoms with Crippen LogP contribution in [0.15, 0.2) is 67.3 Å². The zero-order valence-electron chi connectivity index (χ0n) is 17.9. The molecule has 2 aromatic carbocycles. The van der Waals surface area contributed by atoms with Gasteiger partial charge in [-0.1, -0.05) is 60.5 Å². The Balaban J connectivity index is 0.000000382. The molecule has 32 heavy (non-hydrogen) atoms. The summed E-state index contributed by atoms with van der Waals surface area (Å²) < 4.78 is 12.4. The zero-order chi connectivity index (χ0) is 23.9. The van der Waals surface area contributed by atoms with E-state index in [1.165, 1.54) is 0 Å². The Hall–Kier alpha value is -2.70. The van der Waals surface area contributed by atoms with Gasteiger partial charge in [-0.3, -0.25) is 14.4 Å². The van der Waals surface area contributed by atoms with Gasteiger partial charge in [0, 0.05) is 28.7 Å². The number of carbonyl (C=O) groups excluding carboxylic acids is 3. The molecule has 1 N–H and O–H groups in total. The van der Waals surface area contributed by atoms with Gasteiger partial charge in [0.25, 0.3) is 0 Å². The first kappa shape index (κ1) is 27.3. The second-order valence-electron chi connectivity index (χ2n) is 6.86. The predicted molar refractivity (Wildman–Crippen MR) is 127 cm³/mol. The Bertz CT molecular complexity index is 894. The second kappa shape index (κ2) is 15.2. The van der Waals surface area contributed by atoms with E-state index in [0.29, 0.717) is 17.1 Å². The Morgan fingerprint density at radius 3 is 2.28 bits per heavy atom. The maximum Gasteiger partial charge on any atom is 0.320 e. The largest absolute Gasteiger partial charge is 0.332 e. The number of hydrogen-bond donors (Lipinski definition) is 1. The normalized spacial score (nSPS) is 14.8. The smallest absolute Gasteiger partial charge is 0.320 e. The highest BCUT2D eigenvalue weighted by atomic mass is 35.5. The Morgan fingerprint density at radius 2 is 1.78 bits per heavy atom. The van der Waals surface area contributed by atoms with Gasteiger partial charge in [0.15, 0.2) is 0 Å². The van der Waals surface area contributed by atoms with Crippen molar-refractivity contribution < 1.29 is 18.8 Å². The first-order valence-corrected chi connectivity index (χ1v) is 10.9. The number of carbonyl (C=O) groups is 3. The van der Waals surface area contributed by atoms with E-state index < -0.39 is 18.5 Å². The van der Waals surface area contributed by atoms with Crippen LogP contribution in [-0.2, 0) is 14.4 Å². The molecule has 0 aliphatic carbocycles. The molecule has 2 aromatic rings.